The first-order valence-corrected chi connectivity index (χ1v) is 7.35. The van der Waals surface area contributed by atoms with E-state index in [4.69, 9.17) is 0 Å². The van der Waals surface area contributed by atoms with Gasteiger partial charge in [0.1, 0.15) is 5.82 Å². The third kappa shape index (κ3) is 2.56. The number of benzene rings is 1. The molecule has 0 saturated heterocycles. The van der Waals surface area contributed by atoms with E-state index >= 15 is 0 Å². The van der Waals surface area contributed by atoms with E-state index in [1.807, 2.05) is 30.8 Å². The van der Waals surface area contributed by atoms with Crippen molar-refractivity contribution < 1.29 is 4.39 Å². The first kappa shape index (κ1) is 12.4. The van der Waals surface area contributed by atoms with Crippen LogP contribution in [0.4, 0.5) is 4.39 Å². The first-order valence-electron chi connectivity index (χ1n) is 6.20. The number of thioether (sulfide) groups is 1. The molecule has 3 rings (SSSR count). The summed E-state index contributed by atoms with van der Waals surface area (Å²) in [4.78, 5) is 0. The minimum atomic E-state index is -0.191. The van der Waals surface area contributed by atoms with Gasteiger partial charge in [0.25, 0.3) is 0 Å². The Morgan fingerprint density at radius 1 is 1.37 bits per heavy atom. The van der Waals surface area contributed by atoms with Gasteiger partial charge in [0, 0.05) is 17.4 Å². The Balaban J connectivity index is 1.95. The highest BCUT2D eigenvalue weighted by Crippen LogP contribution is 2.28. The van der Waals surface area contributed by atoms with Crippen LogP contribution in [0.3, 0.4) is 0 Å². The standard InChI is InChI=1S/C14H14FN3S/c1-10-9-18(17-16-10)12-2-3-13(14(15)8-12)11-4-6-19-7-5-11/h2-4,8-9H,5-7H2,1H3. The number of hydrogen-bond acceptors (Lipinski definition) is 3. The van der Waals surface area contributed by atoms with Crippen LogP contribution in [0.2, 0.25) is 0 Å². The molecule has 0 N–H and O–H groups in total. The van der Waals surface area contributed by atoms with Gasteiger partial charge in [-0.25, -0.2) is 9.07 Å². The van der Waals surface area contributed by atoms with Gasteiger partial charge < -0.3 is 0 Å². The fourth-order valence-electron chi connectivity index (χ4n) is 2.15. The number of aryl methyl sites for hydroxylation is 1. The summed E-state index contributed by atoms with van der Waals surface area (Å²) in [5.41, 5.74) is 3.34. The Hall–Kier alpha value is -1.62. The van der Waals surface area contributed by atoms with E-state index in [2.05, 4.69) is 16.4 Å². The molecule has 0 spiro atoms. The van der Waals surface area contributed by atoms with Crippen LogP contribution in [0, 0.1) is 12.7 Å². The average molecular weight is 275 g/mol. The van der Waals surface area contributed by atoms with E-state index in [0.29, 0.717) is 11.3 Å². The Kier molecular flexibility index (Phi) is 3.38. The predicted molar refractivity (Wildman–Crippen MR) is 76.0 cm³/mol. The molecule has 0 radical (unpaired) electrons. The average Bonchev–Trinajstić information content (AvgIpc) is 2.86. The van der Waals surface area contributed by atoms with E-state index in [1.54, 1.807) is 10.9 Å². The monoisotopic (exact) mass is 275 g/mol. The van der Waals surface area contributed by atoms with E-state index in [0.717, 1.165) is 29.2 Å². The fourth-order valence-corrected chi connectivity index (χ4v) is 3.00. The summed E-state index contributed by atoms with van der Waals surface area (Å²) in [6, 6.07) is 5.24. The molecule has 0 saturated carbocycles. The van der Waals surface area contributed by atoms with Crippen LogP contribution in [0.5, 0.6) is 0 Å². The molecule has 0 aliphatic carbocycles. The molecule has 1 aliphatic rings. The van der Waals surface area contributed by atoms with Crippen molar-refractivity contribution in [2.24, 2.45) is 0 Å². The van der Waals surface area contributed by atoms with Gasteiger partial charge in [0.05, 0.1) is 17.6 Å². The second-order valence-electron chi connectivity index (χ2n) is 4.52. The van der Waals surface area contributed by atoms with E-state index < -0.39 is 0 Å². The molecule has 2 heterocycles. The zero-order valence-electron chi connectivity index (χ0n) is 10.6. The SMILES string of the molecule is Cc1cn(-c2ccc(C3=CCSCC3)c(F)c2)nn1. The molecular weight excluding hydrogens is 261 g/mol. The molecule has 0 atom stereocenters. The van der Waals surface area contributed by atoms with Crippen molar-refractivity contribution in [3.8, 4) is 5.69 Å². The maximum atomic E-state index is 14.2. The van der Waals surface area contributed by atoms with Crippen LogP contribution >= 0.6 is 11.8 Å². The molecule has 1 aromatic carbocycles. The predicted octanol–water partition coefficient (Wildman–Crippen LogP) is 3.24. The van der Waals surface area contributed by atoms with Crippen LogP contribution in [0.15, 0.2) is 30.5 Å². The van der Waals surface area contributed by atoms with Crippen molar-refractivity contribution in [3.63, 3.8) is 0 Å². The third-order valence-electron chi connectivity index (χ3n) is 3.13. The van der Waals surface area contributed by atoms with Gasteiger partial charge in [-0.1, -0.05) is 11.3 Å². The van der Waals surface area contributed by atoms with Gasteiger partial charge in [-0.05, 0) is 36.8 Å². The molecule has 0 fully saturated rings. The number of hydrogen-bond donors (Lipinski definition) is 0. The van der Waals surface area contributed by atoms with Crippen molar-refractivity contribution in [1.82, 2.24) is 15.0 Å². The second kappa shape index (κ2) is 5.17. The third-order valence-corrected chi connectivity index (χ3v) is 4.03. The van der Waals surface area contributed by atoms with Gasteiger partial charge in [0.2, 0.25) is 0 Å². The number of nitrogens with zero attached hydrogens (tertiary/aromatic N) is 3. The maximum Gasteiger partial charge on any atom is 0.132 e. The van der Waals surface area contributed by atoms with Crippen molar-refractivity contribution in [1.29, 1.82) is 0 Å². The topological polar surface area (TPSA) is 30.7 Å². The highest BCUT2D eigenvalue weighted by atomic mass is 32.2. The highest BCUT2D eigenvalue weighted by Gasteiger charge is 2.12. The van der Waals surface area contributed by atoms with Crippen molar-refractivity contribution >= 4 is 17.3 Å². The Morgan fingerprint density at radius 3 is 2.89 bits per heavy atom. The maximum absolute atomic E-state index is 14.2. The zero-order valence-corrected chi connectivity index (χ0v) is 11.5. The van der Waals surface area contributed by atoms with Gasteiger partial charge >= 0.3 is 0 Å². The van der Waals surface area contributed by atoms with Crippen LogP contribution in [-0.2, 0) is 0 Å². The molecule has 5 heteroatoms. The smallest absolute Gasteiger partial charge is 0.132 e. The Bertz CT molecular complexity index is 633. The number of rotatable bonds is 2. The molecular formula is C14H14FN3S. The number of halogens is 1. The minimum absolute atomic E-state index is 0.191. The molecule has 1 aliphatic heterocycles. The Morgan fingerprint density at radius 2 is 2.26 bits per heavy atom. The lowest BCUT2D eigenvalue weighted by Gasteiger charge is -2.14. The fraction of sp³-hybridized carbons (Fsp3) is 0.286. The lowest BCUT2D eigenvalue weighted by atomic mass is 10.0. The van der Waals surface area contributed by atoms with Crippen molar-refractivity contribution in [3.05, 3.63) is 47.5 Å². The van der Waals surface area contributed by atoms with Gasteiger partial charge in [-0.3, -0.25) is 0 Å². The largest absolute Gasteiger partial charge is 0.220 e. The van der Waals surface area contributed by atoms with E-state index in [9.17, 15) is 4.39 Å². The normalized spacial score (nSPS) is 15.4. The van der Waals surface area contributed by atoms with Crippen molar-refractivity contribution in [2.45, 2.75) is 13.3 Å². The van der Waals surface area contributed by atoms with Crippen LogP contribution < -0.4 is 0 Å². The zero-order chi connectivity index (χ0) is 13.2. The summed E-state index contributed by atoms with van der Waals surface area (Å²) < 4.78 is 15.8. The molecule has 19 heavy (non-hydrogen) atoms. The quantitative estimate of drug-likeness (QED) is 0.843. The molecule has 0 amide bonds. The van der Waals surface area contributed by atoms with Crippen LogP contribution in [0.25, 0.3) is 11.3 Å². The van der Waals surface area contributed by atoms with Crippen molar-refractivity contribution in [2.75, 3.05) is 11.5 Å². The molecule has 2 aromatic rings. The molecule has 98 valence electrons. The van der Waals surface area contributed by atoms with Gasteiger partial charge in [-0.2, -0.15) is 11.8 Å². The summed E-state index contributed by atoms with van der Waals surface area (Å²) in [6.45, 7) is 1.86. The van der Waals surface area contributed by atoms with E-state index in [1.165, 1.54) is 6.07 Å². The molecule has 3 nitrogen and oxygen atoms in total. The number of allylic oxidation sites excluding steroid dienone is 1. The second-order valence-corrected chi connectivity index (χ2v) is 5.67. The first-order chi connectivity index (χ1) is 9.24. The minimum Gasteiger partial charge on any atom is -0.220 e. The number of aromatic nitrogens is 3. The van der Waals surface area contributed by atoms with Crippen LogP contribution in [-0.4, -0.2) is 26.5 Å². The molecule has 0 bridgehead atoms. The van der Waals surface area contributed by atoms with Gasteiger partial charge in [0.15, 0.2) is 0 Å². The summed E-state index contributed by atoms with van der Waals surface area (Å²) >= 11 is 1.88. The lowest BCUT2D eigenvalue weighted by molar-refractivity contribution is 0.620. The van der Waals surface area contributed by atoms with E-state index in [-0.39, 0.29) is 5.82 Å². The molecule has 1 aromatic heterocycles. The summed E-state index contributed by atoms with van der Waals surface area (Å²) in [6.07, 6.45) is 4.83. The van der Waals surface area contributed by atoms with Crippen LogP contribution in [0.1, 0.15) is 17.7 Å². The Labute approximate surface area is 115 Å². The summed E-state index contributed by atoms with van der Waals surface area (Å²) in [5, 5.41) is 7.86. The van der Waals surface area contributed by atoms with Gasteiger partial charge in [-0.15, -0.1) is 5.10 Å². The summed E-state index contributed by atoms with van der Waals surface area (Å²) in [5.74, 6) is 1.84. The summed E-state index contributed by atoms with van der Waals surface area (Å²) in [7, 11) is 0. The highest BCUT2D eigenvalue weighted by molar-refractivity contribution is 7.99. The lowest BCUT2D eigenvalue weighted by Crippen LogP contribution is -2.01. The molecule has 0 unspecified atom stereocenters.